The topological polar surface area (TPSA) is 36.0 Å². The second kappa shape index (κ2) is 7.97. The lowest BCUT2D eigenvalue weighted by atomic mass is 9.95. The van der Waals surface area contributed by atoms with Gasteiger partial charge < -0.3 is 14.5 Å². The number of rotatable bonds is 5. The van der Waals surface area contributed by atoms with E-state index in [1.54, 1.807) is 7.11 Å². The lowest BCUT2D eigenvalue weighted by Gasteiger charge is -2.35. The molecule has 4 aliphatic rings. The van der Waals surface area contributed by atoms with Crippen LogP contribution in [0.3, 0.4) is 0 Å². The van der Waals surface area contributed by atoms with E-state index in [2.05, 4.69) is 26.8 Å². The van der Waals surface area contributed by atoms with Crippen LogP contribution in [0.1, 0.15) is 36.0 Å². The Morgan fingerprint density at radius 1 is 1.12 bits per heavy atom. The van der Waals surface area contributed by atoms with Crippen LogP contribution >= 0.6 is 0 Å². The fourth-order valence-electron chi connectivity index (χ4n) is 4.89. The van der Waals surface area contributed by atoms with Crippen molar-refractivity contribution in [3.8, 4) is 0 Å². The van der Waals surface area contributed by atoms with Crippen molar-refractivity contribution >= 4 is 11.6 Å². The third kappa shape index (κ3) is 3.60. The van der Waals surface area contributed by atoms with Crippen molar-refractivity contribution in [1.29, 1.82) is 0 Å². The first-order chi connectivity index (χ1) is 12.8. The number of fused-ring (bicyclic) bond motifs is 4. The van der Waals surface area contributed by atoms with Gasteiger partial charge in [0.05, 0.1) is 12.2 Å². The molecule has 1 aromatic carbocycles. The Labute approximate surface area is 156 Å². The number of carbonyl (C=O) groups excluding carboxylic acids is 1. The van der Waals surface area contributed by atoms with Gasteiger partial charge in [-0.15, -0.1) is 0 Å². The third-order valence-electron chi connectivity index (χ3n) is 6.28. The summed E-state index contributed by atoms with van der Waals surface area (Å²) in [6.45, 7) is 6.74. The largest absolute Gasteiger partial charge is 0.383 e. The Hall–Kier alpha value is -1.59. The number of piperidine rings is 1. The van der Waals surface area contributed by atoms with Crippen LogP contribution in [-0.4, -0.2) is 74.7 Å². The number of benzene rings is 1. The summed E-state index contributed by atoms with van der Waals surface area (Å²) in [6, 6.07) is 8.68. The number of amides is 1. The number of hydrogen-bond donors (Lipinski definition) is 0. The molecule has 4 saturated heterocycles. The van der Waals surface area contributed by atoms with E-state index < -0.39 is 0 Å². The van der Waals surface area contributed by atoms with E-state index >= 15 is 0 Å². The molecule has 0 aliphatic carbocycles. The number of ether oxygens (including phenoxy) is 1. The molecule has 2 atom stereocenters. The zero-order valence-corrected chi connectivity index (χ0v) is 15.9. The first-order valence-corrected chi connectivity index (χ1v) is 10.1. The lowest BCUT2D eigenvalue weighted by molar-refractivity contribution is 0.0718. The zero-order chi connectivity index (χ0) is 17.9. The molecule has 26 heavy (non-hydrogen) atoms. The van der Waals surface area contributed by atoms with Crippen LogP contribution in [0.2, 0.25) is 0 Å². The highest BCUT2D eigenvalue weighted by atomic mass is 16.5. The van der Waals surface area contributed by atoms with E-state index in [1.165, 1.54) is 25.7 Å². The highest BCUT2D eigenvalue weighted by Gasteiger charge is 2.37. The first-order valence-electron chi connectivity index (χ1n) is 10.1. The molecule has 4 fully saturated rings. The second-order valence-electron chi connectivity index (χ2n) is 8.01. The molecule has 0 N–H and O–H groups in total. The highest BCUT2D eigenvalue weighted by Crippen LogP contribution is 2.31. The molecule has 2 bridgehead atoms. The molecule has 0 aromatic heterocycles. The number of hydrogen-bond acceptors (Lipinski definition) is 4. The fraction of sp³-hybridized carbons (Fsp3) is 0.667. The maximum absolute atomic E-state index is 13.4. The van der Waals surface area contributed by atoms with Gasteiger partial charge in [0.15, 0.2) is 0 Å². The summed E-state index contributed by atoms with van der Waals surface area (Å²) in [5.41, 5.74) is 2.02. The average Bonchev–Trinajstić information content (AvgIpc) is 3.06. The third-order valence-corrected chi connectivity index (χ3v) is 6.28. The smallest absolute Gasteiger partial charge is 0.256 e. The zero-order valence-electron chi connectivity index (χ0n) is 15.9. The van der Waals surface area contributed by atoms with E-state index in [9.17, 15) is 4.79 Å². The van der Waals surface area contributed by atoms with Crippen LogP contribution in [0.4, 0.5) is 5.69 Å². The van der Waals surface area contributed by atoms with Gasteiger partial charge in [-0.05, 0) is 43.7 Å². The van der Waals surface area contributed by atoms with Gasteiger partial charge in [0, 0.05) is 58.1 Å². The minimum atomic E-state index is 0.220. The Balaban J connectivity index is 1.52. The molecule has 5 heteroatoms. The van der Waals surface area contributed by atoms with Crippen molar-refractivity contribution in [3.63, 3.8) is 0 Å². The van der Waals surface area contributed by atoms with E-state index in [-0.39, 0.29) is 5.91 Å². The lowest BCUT2D eigenvalue weighted by Crippen LogP contribution is -2.45. The van der Waals surface area contributed by atoms with Crippen LogP contribution in [0.15, 0.2) is 24.3 Å². The van der Waals surface area contributed by atoms with Gasteiger partial charge in [0.25, 0.3) is 5.91 Å². The van der Waals surface area contributed by atoms with Gasteiger partial charge in [-0.1, -0.05) is 12.1 Å². The van der Waals surface area contributed by atoms with E-state index in [0.29, 0.717) is 12.0 Å². The van der Waals surface area contributed by atoms with Crippen LogP contribution in [-0.2, 0) is 4.74 Å². The van der Waals surface area contributed by atoms with Gasteiger partial charge in [-0.3, -0.25) is 9.69 Å². The summed E-state index contributed by atoms with van der Waals surface area (Å²) in [5.74, 6) is 0.812. The Kier molecular flexibility index (Phi) is 5.46. The molecule has 142 valence electrons. The molecule has 0 saturated carbocycles. The summed E-state index contributed by atoms with van der Waals surface area (Å²) in [6.07, 6.45) is 4.90. The fourth-order valence-corrected chi connectivity index (χ4v) is 4.89. The van der Waals surface area contributed by atoms with Gasteiger partial charge >= 0.3 is 0 Å². The van der Waals surface area contributed by atoms with Crippen molar-refractivity contribution in [2.24, 2.45) is 5.92 Å². The number of methoxy groups -OCH3 is 1. The standard InChI is InChI=1S/C21H31N3O2/c1-26-13-12-23-14-17-8-9-18(23)16-24(15-17)21(25)19-6-2-3-7-20(19)22-10-4-5-11-22/h2-3,6-7,17-18H,4-5,8-16H2,1H3/t17-,18-/m1/s1. The molecule has 1 amide bonds. The SMILES string of the molecule is COCCN1C[C@H]2CC[C@@H]1CN(C(=O)c1ccccc1N1CCCC1)C2. The maximum atomic E-state index is 13.4. The minimum absolute atomic E-state index is 0.220. The summed E-state index contributed by atoms with van der Waals surface area (Å²) >= 11 is 0. The quantitative estimate of drug-likeness (QED) is 0.811. The maximum Gasteiger partial charge on any atom is 0.256 e. The van der Waals surface area contributed by atoms with Crippen molar-refractivity contribution in [2.75, 3.05) is 57.9 Å². The van der Waals surface area contributed by atoms with Gasteiger partial charge in [0.2, 0.25) is 0 Å². The van der Waals surface area contributed by atoms with Gasteiger partial charge in [-0.25, -0.2) is 0 Å². The average molecular weight is 357 g/mol. The molecule has 5 nitrogen and oxygen atoms in total. The Bertz CT molecular complexity index is 629. The number of anilines is 1. The molecule has 4 heterocycles. The Morgan fingerprint density at radius 3 is 2.73 bits per heavy atom. The molecule has 0 spiro atoms. The predicted molar refractivity (Wildman–Crippen MR) is 104 cm³/mol. The summed E-state index contributed by atoms with van der Waals surface area (Å²) in [4.78, 5) is 20.5. The van der Waals surface area contributed by atoms with Crippen molar-refractivity contribution in [1.82, 2.24) is 9.80 Å². The van der Waals surface area contributed by atoms with Crippen molar-refractivity contribution < 1.29 is 9.53 Å². The summed E-state index contributed by atoms with van der Waals surface area (Å²) in [5, 5.41) is 0. The summed E-state index contributed by atoms with van der Waals surface area (Å²) in [7, 11) is 1.77. The first kappa shape index (κ1) is 17.8. The highest BCUT2D eigenvalue weighted by molar-refractivity contribution is 6.00. The van der Waals surface area contributed by atoms with Gasteiger partial charge in [0.1, 0.15) is 0 Å². The van der Waals surface area contributed by atoms with E-state index in [1.807, 2.05) is 12.1 Å². The van der Waals surface area contributed by atoms with Crippen LogP contribution in [0, 0.1) is 5.92 Å². The van der Waals surface area contributed by atoms with Crippen molar-refractivity contribution in [2.45, 2.75) is 31.7 Å². The predicted octanol–water partition coefficient (Wildman–Crippen LogP) is 2.47. The molecular weight excluding hydrogens is 326 g/mol. The number of para-hydroxylation sites is 1. The molecular formula is C21H31N3O2. The number of carbonyl (C=O) groups is 1. The van der Waals surface area contributed by atoms with Crippen LogP contribution < -0.4 is 4.90 Å². The van der Waals surface area contributed by atoms with Crippen LogP contribution in [0.5, 0.6) is 0 Å². The monoisotopic (exact) mass is 357 g/mol. The normalized spacial score (nSPS) is 26.3. The van der Waals surface area contributed by atoms with E-state index in [0.717, 1.165) is 57.1 Å². The molecule has 4 aliphatic heterocycles. The minimum Gasteiger partial charge on any atom is -0.383 e. The van der Waals surface area contributed by atoms with E-state index in [4.69, 9.17) is 4.74 Å². The second-order valence-corrected chi connectivity index (χ2v) is 8.01. The number of nitrogens with zero attached hydrogens (tertiary/aromatic N) is 3. The Morgan fingerprint density at radius 2 is 1.92 bits per heavy atom. The molecule has 0 unspecified atom stereocenters. The van der Waals surface area contributed by atoms with Crippen molar-refractivity contribution in [3.05, 3.63) is 29.8 Å². The van der Waals surface area contributed by atoms with Gasteiger partial charge in [-0.2, -0.15) is 0 Å². The van der Waals surface area contributed by atoms with Crippen LogP contribution in [0.25, 0.3) is 0 Å². The molecule has 5 rings (SSSR count). The molecule has 1 aromatic rings. The summed E-state index contributed by atoms with van der Waals surface area (Å²) < 4.78 is 5.28. The molecule has 0 radical (unpaired) electrons.